The van der Waals surface area contributed by atoms with Crippen molar-refractivity contribution in [1.82, 2.24) is 0 Å². The molecule has 0 aliphatic carbocycles. The normalized spacial score (nSPS) is 12.0. The number of esters is 1. The van der Waals surface area contributed by atoms with E-state index in [1.165, 1.54) is 32.4 Å². The maximum absolute atomic E-state index is 13.0. The molecule has 0 aromatic heterocycles. The molecule has 0 fully saturated rings. The van der Waals surface area contributed by atoms with Gasteiger partial charge in [-0.1, -0.05) is 6.07 Å². The Bertz CT molecular complexity index is 381. The number of rotatable bonds is 4. The van der Waals surface area contributed by atoms with Crippen LogP contribution in [0.15, 0.2) is 18.2 Å². The van der Waals surface area contributed by atoms with Crippen LogP contribution in [0, 0.1) is 5.82 Å². The largest absolute Gasteiger partial charge is 0.496 e. The van der Waals surface area contributed by atoms with Crippen LogP contribution in [0.3, 0.4) is 0 Å². The number of carbonyl (C=O) groups excluding carboxylic acids is 1. The van der Waals surface area contributed by atoms with Gasteiger partial charge in [-0.2, -0.15) is 0 Å². The van der Waals surface area contributed by atoms with Gasteiger partial charge in [0.25, 0.3) is 0 Å². The fraction of sp³-hybridized carbons (Fsp3) is 0.364. The van der Waals surface area contributed by atoms with Crippen LogP contribution in [0.1, 0.15) is 11.5 Å². The fourth-order valence-corrected chi connectivity index (χ4v) is 1.47. The van der Waals surface area contributed by atoms with Gasteiger partial charge >= 0.3 is 5.97 Å². The molecule has 0 aliphatic rings. The average Bonchev–Trinajstić information content (AvgIpc) is 2.31. The molecule has 0 saturated heterocycles. The molecule has 1 rings (SSSR count). The molecule has 88 valence electrons. The highest BCUT2D eigenvalue weighted by atomic mass is 19.1. The summed E-state index contributed by atoms with van der Waals surface area (Å²) in [5.74, 6) is -1.24. The van der Waals surface area contributed by atoms with Crippen molar-refractivity contribution in [2.24, 2.45) is 5.73 Å². The molecule has 1 unspecified atom stereocenters. The Balaban J connectivity index is 3.14. The van der Waals surface area contributed by atoms with E-state index >= 15 is 0 Å². The van der Waals surface area contributed by atoms with Crippen LogP contribution >= 0.6 is 0 Å². The van der Waals surface area contributed by atoms with Crippen molar-refractivity contribution in [2.45, 2.75) is 5.92 Å². The smallest absolute Gasteiger partial charge is 0.314 e. The molecule has 16 heavy (non-hydrogen) atoms. The number of carbonyl (C=O) groups is 1. The number of ether oxygens (including phenoxy) is 2. The maximum atomic E-state index is 13.0. The molecule has 0 spiro atoms. The maximum Gasteiger partial charge on any atom is 0.314 e. The van der Waals surface area contributed by atoms with E-state index in [0.717, 1.165) is 0 Å². The summed E-state index contributed by atoms with van der Waals surface area (Å²) in [6.07, 6.45) is 0. The fourth-order valence-electron chi connectivity index (χ4n) is 1.47. The Morgan fingerprint density at radius 2 is 2.19 bits per heavy atom. The van der Waals surface area contributed by atoms with E-state index in [2.05, 4.69) is 4.74 Å². The minimum atomic E-state index is -0.638. The Hall–Kier alpha value is -1.62. The zero-order valence-corrected chi connectivity index (χ0v) is 9.20. The lowest BCUT2D eigenvalue weighted by molar-refractivity contribution is -0.142. The quantitative estimate of drug-likeness (QED) is 0.781. The van der Waals surface area contributed by atoms with Gasteiger partial charge in [-0.15, -0.1) is 0 Å². The van der Waals surface area contributed by atoms with Gasteiger partial charge < -0.3 is 15.2 Å². The Labute approximate surface area is 93.2 Å². The van der Waals surface area contributed by atoms with Gasteiger partial charge in [0.15, 0.2) is 0 Å². The molecule has 5 heteroatoms. The SMILES string of the molecule is COC(=O)C(CN)c1ccc(F)cc1OC. The van der Waals surface area contributed by atoms with E-state index in [9.17, 15) is 9.18 Å². The molecule has 0 radical (unpaired) electrons. The molecule has 0 aliphatic heterocycles. The third kappa shape index (κ3) is 2.49. The molecule has 0 heterocycles. The van der Waals surface area contributed by atoms with Crippen LogP contribution in [0.25, 0.3) is 0 Å². The molecule has 1 aromatic carbocycles. The topological polar surface area (TPSA) is 61.5 Å². The summed E-state index contributed by atoms with van der Waals surface area (Å²) < 4.78 is 22.6. The van der Waals surface area contributed by atoms with E-state index in [4.69, 9.17) is 10.5 Å². The van der Waals surface area contributed by atoms with Gasteiger partial charge in [0.1, 0.15) is 11.6 Å². The Morgan fingerprint density at radius 3 is 2.69 bits per heavy atom. The van der Waals surface area contributed by atoms with Gasteiger partial charge in [-0.05, 0) is 6.07 Å². The molecule has 0 amide bonds. The second-order valence-electron chi connectivity index (χ2n) is 3.20. The van der Waals surface area contributed by atoms with E-state index in [1.54, 1.807) is 0 Å². The van der Waals surface area contributed by atoms with Gasteiger partial charge in [0, 0.05) is 18.2 Å². The highest BCUT2D eigenvalue weighted by molar-refractivity contribution is 5.79. The number of hydrogen-bond acceptors (Lipinski definition) is 4. The van der Waals surface area contributed by atoms with Crippen LogP contribution in [0.5, 0.6) is 5.75 Å². The Kier molecular flexibility index (Phi) is 4.25. The second kappa shape index (κ2) is 5.46. The third-order valence-corrected chi connectivity index (χ3v) is 2.29. The van der Waals surface area contributed by atoms with E-state index in [0.29, 0.717) is 11.3 Å². The first-order chi connectivity index (χ1) is 7.63. The number of hydrogen-bond donors (Lipinski definition) is 1. The first-order valence-corrected chi connectivity index (χ1v) is 4.75. The van der Waals surface area contributed by atoms with Gasteiger partial charge in [0.05, 0.1) is 20.1 Å². The van der Waals surface area contributed by atoms with E-state index < -0.39 is 17.7 Å². The summed E-state index contributed by atoms with van der Waals surface area (Å²) in [5, 5.41) is 0. The average molecular weight is 227 g/mol. The molecule has 0 saturated carbocycles. The standard InChI is InChI=1S/C11H14FNO3/c1-15-10-5-7(12)3-4-8(10)9(6-13)11(14)16-2/h3-5,9H,6,13H2,1-2H3. The van der Waals surface area contributed by atoms with Crippen molar-refractivity contribution < 1.29 is 18.7 Å². The first-order valence-electron chi connectivity index (χ1n) is 4.75. The number of methoxy groups -OCH3 is 2. The van der Waals surface area contributed by atoms with Crippen molar-refractivity contribution in [3.63, 3.8) is 0 Å². The number of halogens is 1. The van der Waals surface area contributed by atoms with Gasteiger partial charge in [0.2, 0.25) is 0 Å². The zero-order valence-electron chi connectivity index (χ0n) is 9.20. The predicted molar refractivity (Wildman–Crippen MR) is 56.8 cm³/mol. The minimum Gasteiger partial charge on any atom is -0.496 e. The molecule has 1 aromatic rings. The highest BCUT2D eigenvalue weighted by Gasteiger charge is 2.23. The molecular formula is C11H14FNO3. The lowest BCUT2D eigenvalue weighted by Crippen LogP contribution is -2.23. The number of benzene rings is 1. The lowest BCUT2D eigenvalue weighted by Gasteiger charge is -2.15. The van der Waals surface area contributed by atoms with Crippen LogP contribution in [-0.4, -0.2) is 26.7 Å². The van der Waals surface area contributed by atoms with Crippen LogP contribution in [0.2, 0.25) is 0 Å². The van der Waals surface area contributed by atoms with E-state index in [1.807, 2.05) is 0 Å². The van der Waals surface area contributed by atoms with Crippen molar-refractivity contribution in [2.75, 3.05) is 20.8 Å². The van der Waals surface area contributed by atoms with Crippen molar-refractivity contribution >= 4 is 5.97 Å². The van der Waals surface area contributed by atoms with Gasteiger partial charge in [-0.3, -0.25) is 4.79 Å². The molecule has 0 bridgehead atoms. The van der Waals surface area contributed by atoms with Crippen LogP contribution < -0.4 is 10.5 Å². The summed E-state index contributed by atoms with van der Waals surface area (Å²) in [4.78, 5) is 11.4. The summed E-state index contributed by atoms with van der Waals surface area (Å²) in [6, 6.07) is 3.94. The Morgan fingerprint density at radius 1 is 1.50 bits per heavy atom. The summed E-state index contributed by atoms with van der Waals surface area (Å²) >= 11 is 0. The van der Waals surface area contributed by atoms with Crippen LogP contribution in [0.4, 0.5) is 4.39 Å². The molecule has 4 nitrogen and oxygen atoms in total. The highest BCUT2D eigenvalue weighted by Crippen LogP contribution is 2.27. The van der Waals surface area contributed by atoms with Crippen LogP contribution in [-0.2, 0) is 9.53 Å². The third-order valence-electron chi connectivity index (χ3n) is 2.29. The van der Waals surface area contributed by atoms with Crippen molar-refractivity contribution in [1.29, 1.82) is 0 Å². The van der Waals surface area contributed by atoms with Crippen molar-refractivity contribution in [3.8, 4) is 5.75 Å². The second-order valence-corrected chi connectivity index (χ2v) is 3.20. The summed E-state index contributed by atoms with van der Waals surface area (Å²) in [6.45, 7) is 0.0780. The summed E-state index contributed by atoms with van der Waals surface area (Å²) in [7, 11) is 2.68. The lowest BCUT2D eigenvalue weighted by atomic mass is 9.98. The summed E-state index contributed by atoms with van der Waals surface area (Å²) in [5.41, 5.74) is 6.02. The van der Waals surface area contributed by atoms with E-state index in [-0.39, 0.29) is 6.54 Å². The zero-order chi connectivity index (χ0) is 12.1. The first kappa shape index (κ1) is 12.4. The van der Waals surface area contributed by atoms with Crippen molar-refractivity contribution in [3.05, 3.63) is 29.6 Å². The monoisotopic (exact) mass is 227 g/mol. The molecule has 1 atom stereocenters. The minimum absolute atomic E-state index is 0.0780. The number of nitrogens with two attached hydrogens (primary N) is 1. The molecular weight excluding hydrogens is 213 g/mol. The predicted octanol–water partition coefficient (Wildman–Crippen LogP) is 1.05. The molecule has 2 N–H and O–H groups in total. The van der Waals surface area contributed by atoms with Gasteiger partial charge in [-0.25, -0.2) is 4.39 Å².